The number of hydrogen-bond acceptors (Lipinski definition) is 2. The van der Waals surface area contributed by atoms with Gasteiger partial charge in [0, 0.05) is 31.5 Å². The molecule has 0 spiro atoms. The summed E-state index contributed by atoms with van der Waals surface area (Å²) in [6.07, 6.45) is 6.55. The van der Waals surface area contributed by atoms with E-state index in [4.69, 9.17) is 0 Å². The maximum atomic E-state index is 12.5. The predicted octanol–water partition coefficient (Wildman–Crippen LogP) is 4.03. The number of ketones is 1. The van der Waals surface area contributed by atoms with Gasteiger partial charge in [0.05, 0.1) is 0 Å². The number of aryl methyl sites for hydroxylation is 2. The summed E-state index contributed by atoms with van der Waals surface area (Å²) < 4.78 is 0. The zero-order chi connectivity index (χ0) is 17.1. The molecule has 2 atom stereocenters. The molecule has 3 heteroatoms. The molecule has 1 aliphatic heterocycles. The monoisotopic (exact) mass is 327 g/mol. The molecule has 1 aliphatic carbocycles. The average molecular weight is 327 g/mol. The van der Waals surface area contributed by atoms with Crippen molar-refractivity contribution < 1.29 is 9.59 Å². The lowest BCUT2D eigenvalue weighted by Gasteiger charge is -2.35. The Morgan fingerprint density at radius 3 is 2.38 bits per heavy atom. The van der Waals surface area contributed by atoms with Crippen LogP contribution >= 0.6 is 0 Å². The molecule has 0 N–H and O–H groups in total. The maximum absolute atomic E-state index is 12.5. The summed E-state index contributed by atoms with van der Waals surface area (Å²) in [5, 5.41) is 0. The highest BCUT2D eigenvalue weighted by Gasteiger charge is 2.25. The normalized spacial score (nSPS) is 23.7. The number of Topliss-reactive ketones (excluding diaryl/α,β-unsaturated/α-hetero) is 1. The maximum Gasteiger partial charge on any atom is 0.223 e. The van der Waals surface area contributed by atoms with Crippen molar-refractivity contribution in [2.24, 2.45) is 11.8 Å². The van der Waals surface area contributed by atoms with Crippen molar-refractivity contribution in [3.63, 3.8) is 0 Å². The summed E-state index contributed by atoms with van der Waals surface area (Å²) in [6.45, 7) is 6.09. The first-order valence-electron chi connectivity index (χ1n) is 9.45. The first-order valence-corrected chi connectivity index (χ1v) is 9.45. The van der Waals surface area contributed by atoms with Gasteiger partial charge in [-0.25, -0.2) is 0 Å². The molecule has 1 amide bonds. The van der Waals surface area contributed by atoms with Crippen LogP contribution in [-0.2, 0) is 17.6 Å². The number of carbonyl (C=O) groups excluding carboxylic acids is 2. The SMILES string of the molecule is CC1CC(C)CN(C(=O)CCC(=O)c2ccc3c(c2)CCCC3)C1. The smallest absolute Gasteiger partial charge is 0.223 e. The van der Waals surface area contributed by atoms with E-state index in [0.717, 1.165) is 31.5 Å². The Balaban J connectivity index is 1.56. The minimum Gasteiger partial charge on any atom is -0.342 e. The van der Waals surface area contributed by atoms with Crippen LogP contribution in [-0.4, -0.2) is 29.7 Å². The van der Waals surface area contributed by atoms with Crippen LogP contribution in [0.4, 0.5) is 0 Å². The van der Waals surface area contributed by atoms with E-state index in [9.17, 15) is 9.59 Å². The lowest BCUT2D eigenvalue weighted by molar-refractivity contribution is -0.133. The molecule has 1 aromatic carbocycles. The fraction of sp³-hybridized carbons (Fsp3) is 0.619. The highest BCUT2D eigenvalue weighted by atomic mass is 16.2. The van der Waals surface area contributed by atoms with E-state index < -0.39 is 0 Å². The van der Waals surface area contributed by atoms with E-state index in [2.05, 4.69) is 26.0 Å². The predicted molar refractivity (Wildman–Crippen MR) is 96.2 cm³/mol. The fourth-order valence-electron chi connectivity index (χ4n) is 4.30. The van der Waals surface area contributed by atoms with Gasteiger partial charge in [0.2, 0.25) is 5.91 Å². The lowest BCUT2D eigenvalue weighted by Crippen LogP contribution is -2.42. The molecule has 24 heavy (non-hydrogen) atoms. The standard InChI is InChI=1S/C21H29NO2/c1-15-11-16(2)14-22(13-15)21(24)10-9-20(23)19-8-7-17-5-3-4-6-18(17)12-19/h7-8,12,15-16H,3-6,9-11,13-14H2,1-2H3. The van der Waals surface area contributed by atoms with Gasteiger partial charge < -0.3 is 4.90 Å². The lowest BCUT2D eigenvalue weighted by atomic mass is 9.89. The molecule has 0 radical (unpaired) electrons. The minimum absolute atomic E-state index is 0.106. The Morgan fingerprint density at radius 2 is 1.67 bits per heavy atom. The van der Waals surface area contributed by atoms with Gasteiger partial charge >= 0.3 is 0 Å². The van der Waals surface area contributed by atoms with Gasteiger partial charge in [-0.05, 0) is 61.1 Å². The van der Waals surface area contributed by atoms with Crippen LogP contribution in [0.1, 0.15) is 67.4 Å². The Labute approximate surface area is 145 Å². The van der Waals surface area contributed by atoms with Crippen molar-refractivity contribution in [2.75, 3.05) is 13.1 Å². The summed E-state index contributed by atoms with van der Waals surface area (Å²) in [6, 6.07) is 6.12. The summed E-state index contributed by atoms with van der Waals surface area (Å²) in [4.78, 5) is 26.9. The zero-order valence-electron chi connectivity index (χ0n) is 15.0. The topological polar surface area (TPSA) is 37.4 Å². The van der Waals surface area contributed by atoms with E-state index in [1.165, 1.54) is 30.4 Å². The van der Waals surface area contributed by atoms with Crippen molar-refractivity contribution in [2.45, 2.75) is 58.8 Å². The number of rotatable bonds is 4. The van der Waals surface area contributed by atoms with Gasteiger partial charge in [0.1, 0.15) is 0 Å². The number of amides is 1. The molecule has 0 bridgehead atoms. The Hall–Kier alpha value is -1.64. The largest absolute Gasteiger partial charge is 0.342 e. The summed E-state index contributed by atoms with van der Waals surface area (Å²) in [5.74, 6) is 1.37. The number of fused-ring (bicyclic) bond motifs is 1. The van der Waals surface area contributed by atoms with Crippen LogP contribution < -0.4 is 0 Å². The molecular weight excluding hydrogens is 298 g/mol. The molecule has 130 valence electrons. The van der Waals surface area contributed by atoms with Crippen LogP contribution in [0.15, 0.2) is 18.2 Å². The van der Waals surface area contributed by atoms with Gasteiger partial charge in [-0.15, -0.1) is 0 Å². The van der Waals surface area contributed by atoms with Gasteiger partial charge in [-0.2, -0.15) is 0 Å². The van der Waals surface area contributed by atoms with Crippen LogP contribution in [0, 0.1) is 11.8 Å². The second-order valence-corrected chi connectivity index (χ2v) is 7.86. The first kappa shape index (κ1) is 17.2. The Kier molecular flexibility index (Phi) is 5.37. The zero-order valence-corrected chi connectivity index (χ0v) is 15.0. The first-order chi connectivity index (χ1) is 11.5. The molecule has 1 saturated heterocycles. The molecule has 2 unspecified atom stereocenters. The van der Waals surface area contributed by atoms with E-state index in [-0.39, 0.29) is 11.7 Å². The molecule has 1 aromatic rings. The molecule has 3 rings (SSSR count). The molecule has 1 heterocycles. The second kappa shape index (κ2) is 7.50. The second-order valence-electron chi connectivity index (χ2n) is 7.86. The number of likely N-dealkylation sites (tertiary alicyclic amines) is 1. The number of benzene rings is 1. The average Bonchev–Trinajstić information content (AvgIpc) is 2.58. The molecular formula is C21H29NO2. The molecule has 3 nitrogen and oxygen atoms in total. The van der Waals surface area contributed by atoms with E-state index in [1.807, 2.05) is 11.0 Å². The summed E-state index contributed by atoms with van der Waals surface area (Å²) >= 11 is 0. The van der Waals surface area contributed by atoms with Crippen LogP contribution in [0.3, 0.4) is 0 Å². The van der Waals surface area contributed by atoms with E-state index in [1.54, 1.807) is 0 Å². The summed E-state index contributed by atoms with van der Waals surface area (Å²) in [7, 11) is 0. The van der Waals surface area contributed by atoms with Crippen molar-refractivity contribution in [3.8, 4) is 0 Å². The van der Waals surface area contributed by atoms with E-state index >= 15 is 0 Å². The van der Waals surface area contributed by atoms with Crippen molar-refractivity contribution >= 4 is 11.7 Å². The Bertz CT molecular complexity index is 612. The van der Waals surface area contributed by atoms with Crippen molar-refractivity contribution in [1.29, 1.82) is 0 Å². The van der Waals surface area contributed by atoms with Crippen LogP contribution in [0.5, 0.6) is 0 Å². The number of nitrogens with zero attached hydrogens (tertiary/aromatic N) is 1. The third-order valence-corrected chi connectivity index (χ3v) is 5.46. The summed E-state index contributed by atoms with van der Waals surface area (Å²) in [5.41, 5.74) is 3.51. The number of piperidine rings is 1. The number of carbonyl (C=O) groups is 2. The van der Waals surface area contributed by atoms with Crippen molar-refractivity contribution in [1.82, 2.24) is 4.90 Å². The van der Waals surface area contributed by atoms with Crippen molar-refractivity contribution in [3.05, 3.63) is 34.9 Å². The third kappa shape index (κ3) is 4.06. The molecule has 0 saturated carbocycles. The molecule has 1 fully saturated rings. The van der Waals surface area contributed by atoms with Gasteiger partial charge in [0.25, 0.3) is 0 Å². The molecule has 2 aliphatic rings. The van der Waals surface area contributed by atoms with Crippen LogP contribution in [0.2, 0.25) is 0 Å². The van der Waals surface area contributed by atoms with Gasteiger partial charge in [0.15, 0.2) is 5.78 Å². The Morgan fingerprint density at radius 1 is 1.00 bits per heavy atom. The third-order valence-electron chi connectivity index (χ3n) is 5.46. The number of hydrogen-bond donors (Lipinski definition) is 0. The quantitative estimate of drug-likeness (QED) is 0.783. The van der Waals surface area contributed by atoms with Gasteiger partial charge in [-0.3, -0.25) is 9.59 Å². The van der Waals surface area contributed by atoms with E-state index in [0.29, 0.717) is 24.7 Å². The highest BCUT2D eigenvalue weighted by Crippen LogP contribution is 2.24. The minimum atomic E-state index is 0.106. The highest BCUT2D eigenvalue weighted by molar-refractivity contribution is 5.98. The van der Waals surface area contributed by atoms with Crippen LogP contribution in [0.25, 0.3) is 0 Å². The molecule has 0 aromatic heterocycles. The van der Waals surface area contributed by atoms with Gasteiger partial charge in [-0.1, -0.05) is 26.0 Å². The fourth-order valence-corrected chi connectivity index (χ4v) is 4.30.